The molecule has 0 amide bonds. The van der Waals surface area contributed by atoms with Crippen molar-refractivity contribution in [3.05, 3.63) is 93.8 Å². The van der Waals surface area contributed by atoms with E-state index in [-0.39, 0.29) is 11.8 Å². The van der Waals surface area contributed by atoms with Crippen molar-refractivity contribution in [3.63, 3.8) is 0 Å². The van der Waals surface area contributed by atoms with E-state index in [0.717, 1.165) is 17.5 Å². The summed E-state index contributed by atoms with van der Waals surface area (Å²) in [5.41, 5.74) is 2.76. The Hall–Kier alpha value is -2.92. The molecule has 0 aliphatic carbocycles. The minimum atomic E-state index is -0.445. The molecule has 0 bridgehead atoms. The summed E-state index contributed by atoms with van der Waals surface area (Å²) in [4.78, 5) is 18.2. The van der Waals surface area contributed by atoms with E-state index >= 15 is 0 Å². The zero-order chi connectivity index (χ0) is 17.8. The van der Waals surface area contributed by atoms with Crippen LogP contribution >= 0.6 is 0 Å². The van der Waals surface area contributed by atoms with Crippen molar-refractivity contribution < 1.29 is 9.52 Å². The summed E-state index contributed by atoms with van der Waals surface area (Å²) in [6.07, 6.45) is 2.85. The van der Waals surface area contributed by atoms with Crippen LogP contribution < -0.4 is 5.43 Å². The second-order valence-electron chi connectivity index (χ2n) is 6.08. The Morgan fingerprint density at radius 1 is 1.20 bits per heavy atom. The summed E-state index contributed by atoms with van der Waals surface area (Å²) in [6.45, 7) is 2.46. The van der Waals surface area contributed by atoms with Crippen LogP contribution in [0.5, 0.6) is 5.75 Å². The molecule has 5 heteroatoms. The standard InChI is InChI=1S/C20H20N2O3/c1-14-6-8-15(9-7-14)20(17-5-3-4-10-21-17)22(2)12-16-11-18(23)19(24)13-25-16/h3-11,13,20,24H,12H2,1-2H3/t20-/m0/s1. The molecule has 0 aliphatic heterocycles. The first-order valence-corrected chi connectivity index (χ1v) is 8.03. The molecule has 0 saturated heterocycles. The van der Waals surface area contributed by atoms with Crippen LogP contribution in [0.1, 0.15) is 28.6 Å². The van der Waals surface area contributed by atoms with E-state index in [0.29, 0.717) is 12.3 Å². The molecular weight excluding hydrogens is 316 g/mol. The molecule has 1 aromatic carbocycles. The van der Waals surface area contributed by atoms with Crippen LogP contribution in [0.4, 0.5) is 0 Å². The maximum absolute atomic E-state index is 11.6. The fourth-order valence-corrected chi connectivity index (χ4v) is 2.80. The van der Waals surface area contributed by atoms with E-state index < -0.39 is 5.43 Å². The second kappa shape index (κ2) is 7.32. The summed E-state index contributed by atoms with van der Waals surface area (Å²) >= 11 is 0. The van der Waals surface area contributed by atoms with Crippen LogP contribution in [0.25, 0.3) is 0 Å². The van der Waals surface area contributed by atoms with Crippen LogP contribution in [-0.4, -0.2) is 22.0 Å². The van der Waals surface area contributed by atoms with E-state index in [1.807, 2.05) is 32.2 Å². The van der Waals surface area contributed by atoms with Gasteiger partial charge in [-0.3, -0.25) is 14.7 Å². The molecule has 0 aliphatic rings. The van der Waals surface area contributed by atoms with Gasteiger partial charge in [0.05, 0.1) is 18.3 Å². The number of aromatic hydroxyl groups is 1. The minimum Gasteiger partial charge on any atom is -0.502 e. The predicted molar refractivity (Wildman–Crippen MR) is 95.4 cm³/mol. The van der Waals surface area contributed by atoms with Gasteiger partial charge in [0.2, 0.25) is 5.43 Å². The van der Waals surface area contributed by atoms with E-state index in [1.165, 1.54) is 11.6 Å². The third kappa shape index (κ3) is 3.95. The molecule has 3 aromatic rings. The van der Waals surface area contributed by atoms with Crippen LogP contribution in [0.2, 0.25) is 0 Å². The minimum absolute atomic E-state index is 0.0825. The molecule has 1 atom stereocenters. The molecule has 2 aromatic heterocycles. The average Bonchev–Trinajstić information content (AvgIpc) is 2.61. The molecule has 5 nitrogen and oxygen atoms in total. The zero-order valence-electron chi connectivity index (χ0n) is 14.2. The molecule has 0 unspecified atom stereocenters. The SMILES string of the molecule is Cc1ccc([C@@H](c2ccccn2)N(C)Cc2cc(=O)c(O)co2)cc1. The maximum atomic E-state index is 11.6. The number of pyridine rings is 1. The highest BCUT2D eigenvalue weighted by atomic mass is 16.4. The number of hydrogen-bond donors (Lipinski definition) is 1. The Bertz CT molecular complexity index is 889. The zero-order valence-corrected chi connectivity index (χ0v) is 14.2. The van der Waals surface area contributed by atoms with E-state index in [9.17, 15) is 9.90 Å². The lowest BCUT2D eigenvalue weighted by atomic mass is 10.0. The molecular formula is C20H20N2O3. The number of rotatable bonds is 5. The van der Waals surface area contributed by atoms with Gasteiger partial charge >= 0.3 is 0 Å². The normalized spacial score (nSPS) is 12.3. The molecule has 3 rings (SSSR count). The summed E-state index contributed by atoms with van der Waals surface area (Å²) in [7, 11) is 1.95. The van der Waals surface area contributed by atoms with Crippen molar-refractivity contribution in [1.29, 1.82) is 0 Å². The topological polar surface area (TPSA) is 66.6 Å². The average molecular weight is 336 g/mol. The van der Waals surface area contributed by atoms with Gasteiger partial charge in [0.25, 0.3) is 0 Å². The van der Waals surface area contributed by atoms with Gasteiger partial charge in [-0.25, -0.2) is 0 Å². The highest BCUT2D eigenvalue weighted by molar-refractivity contribution is 5.30. The number of benzene rings is 1. The predicted octanol–water partition coefficient (Wildman–Crippen LogP) is 3.27. The monoisotopic (exact) mass is 336 g/mol. The highest BCUT2D eigenvalue weighted by Gasteiger charge is 2.21. The summed E-state index contributed by atoms with van der Waals surface area (Å²) in [6, 6.07) is 15.4. The van der Waals surface area contributed by atoms with Gasteiger partial charge in [0.1, 0.15) is 12.0 Å². The summed E-state index contributed by atoms with van der Waals surface area (Å²) in [5.74, 6) is 0.101. The van der Waals surface area contributed by atoms with Crippen LogP contribution in [0, 0.1) is 6.92 Å². The van der Waals surface area contributed by atoms with Gasteiger partial charge in [0.15, 0.2) is 5.75 Å². The third-order valence-corrected chi connectivity index (χ3v) is 4.07. The number of nitrogens with zero attached hydrogens (tertiary/aromatic N) is 2. The van der Waals surface area contributed by atoms with Crippen LogP contribution in [0.3, 0.4) is 0 Å². The molecule has 0 radical (unpaired) electrons. The smallest absolute Gasteiger partial charge is 0.226 e. The fraction of sp³-hybridized carbons (Fsp3) is 0.200. The van der Waals surface area contributed by atoms with E-state index in [1.54, 1.807) is 6.20 Å². The summed E-state index contributed by atoms with van der Waals surface area (Å²) < 4.78 is 5.34. The third-order valence-electron chi connectivity index (χ3n) is 4.07. The number of aryl methyl sites for hydroxylation is 1. The van der Waals surface area contributed by atoms with Gasteiger partial charge in [-0.1, -0.05) is 35.9 Å². The summed E-state index contributed by atoms with van der Waals surface area (Å²) in [5, 5.41) is 9.34. The van der Waals surface area contributed by atoms with Crippen LogP contribution in [-0.2, 0) is 6.54 Å². The van der Waals surface area contributed by atoms with E-state index in [2.05, 4.69) is 34.1 Å². The van der Waals surface area contributed by atoms with Gasteiger partial charge in [-0.2, -0.15) is 0 Å². The van der Waals surface area contributed by atoms with Gasteiger partial charge in [-0.05, 0) is 31.7 Å². The quantitative estimate of drug-likeness (QED) is 0.774. The second-order valence-corrected chi connectivity index (χ2v) is 6.08. The Balaban J connectivity index is 1.94. The Morgan fingerprint density at radius 3 is 2.60 bits per heavy atom. The van der Waals surface area contributed by atoms with E-state index in [4.69, 9.17) is 4.42 Å². The van der Waals surface area contributed by atoms with Crippen molar-refractivity contribution in [2.24, 2.45) is 0 Å². The molecule has 2 heterocycles. The van der Waals surface area contributed by atoms with Gasteiger partial charge < -0.3 is 9.52 Å². The first-order chi connectivity index (χ1) is 12.0. The first-order valence-electron chi connectivity index (χ1n) is 8.03. The first kappa shape index (κ1) is 16.9. The fourth-order valence-electron chi connectivity index (χ4n) is 2.80. The van der Waals surface area contributed by atoms with Crippen molar-refractivity contribution in [2.75, 3.05) is 7.05 Å². The molecule has 25 heavy (non-hydrogen) atoms. The molecule has 0 spiro atoms. The lowest BCUT2D eigenvalue weighted by Crippen LogP contribution is -2.26. The number of hydrogen-bond acceptors (Lipinski definition) is 5. The van der Waals surface area contributed by atoms with Gasteiger partial charge in [0, 0.05) is 12.3 Å². The maximum Gasteiger partial charge on any atom is 0.226 e. The van der Waals surface area contributed by atoms with Crippen molar-refractivity contribution in [2.45, 2.75) is 19.5 Å². The Morgan fingerprint density at radius 2 is 1.96 bits per heavy atom. The molecule has 0 saturated carbocycles. The van der Waals surface area contributed by atoms with Crippen molar-refractivity contribution >= 4 is 0 Å². The van der Waals surface area contributed by atoms with Crippen molar-refractivity contribution in [1.82, 2.24) is 9.88 Å². The molecule has 0 fully saturated rings. The lowest BCUT2D eigenvalue weighted by molar-refractivity contribution is 0.239. The molecule has 128 valence electrons. The van der Waals surface area contributed by atoms with Crippen LogP contribution in [0.15, 0.2) is 70.2 Å². The highest BCUT2D eigenvalue weighted by Crippen LogP contribution is 2.27. The largest absolute Gasteiger partial charge is 0.502 e. The van der Waals surface area contributed by atoms with Crippen molar-refractivity contribution in [3.8, 4) is 5.75 Å². The van der Waals surface area contributed by atoms with Gasteiger partial charge in [-0.15, -0.1) is 0 Å². The Kier molecular flexibility index (Phi) is 4.95. The number of aromatic nitrogens is 1. The lowest BCUT2D eigenvalue weighted by Gasteiger charge is -2.27. The Labute approximate surface area is 146 Å². The molecule has 1 N–H and O–H groups in total.